The van der Waals surface area contributed by atoms with Crippen molar-refractivity contribution in [2.45, 2.75) is 44.6 Å². The summed E-state index contributed by atoms with van der Waals surface area (Å²) in [7, 11) is 0. The zero-order valence-corrected chi connectivity index (χ0v) is 12.3. The maximum absolute atomic E-state index is 4.57. The molecule has 6 heteroatoms. The van der Waals surface area contributed by atoms with Crippen molar-refractivity contribution in [1.82, 2.24) is 24.7 Å². The number of aryl methyl sites for hydroxylation is 1. The molecule has 1 aliphatic carbocycles. The van der Waals surface area contributed by atoms with Gasteiger partial charge < -0.3 is 9.47 Å². The fraction of sp³-hybridized carbons (Fsp3) is 0.600. The molecule has 2 aromatic heterocycles. The molecule has 0 spiro atoms. The number of aromatic nitrogens is 5. The molecule has 1 aliphatic heterocycles. The molecule has 1 saturated heterocycles. The number of nitrogens with zero attached hydrogens (tertiary/aromatic N) is 6. The Morgan fingerprint density at radius 1 is 1.10 bits per heavy atom. The monoisotopic (exact) mass is 284 g/mol. The first-order valence-corrected chi connectivity index (χ1v) is 7.74. The Labute approximate surface area is 124 Å². The van der Waals surface area contributed by atoms with Crippen LogP contribution in [0.25, 0.3) is 0 Å². The highest BCUT2D eigenvalue weighted by atomic mass is 15.3. The van der Waals surface area contributed by atoms with Crippen molar-refractivity contribution in [3.05, 3.63) is 30.2 Å². The van der Waals surface area contributed by atoms with Gasteiger partial charge in [-0.2, -0.15) is 0 Å². The normalized spacial score (nSPS) is 20.0. The Kier molecular flexibility index (Phi) is 3.09. The summed E-state index contributed by atoms with van der Waals surface area (Å²) in [6, 6.07) is 0.663. The number of anilines is 1. The van der Waals surface area contributed by atoms with Crippen molar-refractivity contribution in [2.75, 3.05) is 18.0 Å². The van der Waals surface area contributed by atoms with Crippen LogP contribution in [0.4, 0.5) is 5.82 Å². The van der Waals surface area contributed by atoms with E-state index in [-0.39, 0.29) is 0 Å². The fourth-order valence-corrected chi connectivity index (χ4v) is 3.15. The van der Waals surface area contributed by atoms with Gasteiger partial charge in [0.25, 0.3) is 0 Å². The van der Waals surface area contributed by atoms with Crippen LogP contribution in [0.15, 0.2) is 18.7 Å². The van der Waals surface area contributed by atoms with Crippen LogP contribution in [0.2, 0.25) is 0 Å². The lowest BCUT2D eigenvalue weighted by atomic mass is 9.96. The standard InChI is InChI=1S/C15H20N6/c1-11-8-16-9-14(18-11)20-6-4-12(5-7-20)15-19-17-10-21(15)13-2-3-13/h8-10,12-13H,2-7H2,1H3. The van der Waals surface area contributed by atoms with Crippen molar-refractivity contribution in [1.29, 1.82) is 0 Å². The molecule has 110 valence electrons. The zero-order valence-electron chi connectivity index (χ0n) is 12.3. The molecule has 4 rings (SSSR count). The Balaban J connectivity index is 1.45. The topological polar surface area (TPSA) is 59.7 Å². The van der Waals surface area contributed by atoms with Crippen LogP contribution in [0.1, 0.15) is 49.2 Å². The number of piperidine rings is 1. The first-order chi connectivity index (χ1) is 10.3. The zero-order chi connectivity index (χ0) is 14.2. The second kappa shape index (κ2) is 5.09. The maximum atomic E-state index is 4.57. The maximum Gasteiger partial charge on any atom is 0.147 e. The third kappa shape index (κ3) is 2.50. The van der Waals surface area contributed by atoms with E-state index in [2.05, 4.69) is 29.6 Å². The highest BCUT2D eigenvalue weighted by Crippen LogP contribution is 2.38. The van der Waals surface area contributed by atoms with Crippen molar-refractivity contribution < 1.29 is 0 Å². The van der Waals surface area contributed by atoms with Gasteiger partial charge in [0.05, 0.1) is 11.9 Å². The van der Waals surface area contributed by atoms with Gasteiger partial charge in [-0.1, -0.05) is 0 Å². The van der Waals surface area contributed by atoms with Gasteiger partial charge >= 0.3 is 0 Å². The van der Waals surface area contributed by atoms with Gasteiger partial charge in [-0.3, -0.25) is 4.98 Å². The summed E-state index contributed by atoms with van der Waals surface area (Å²) < 4.78 is 2.30. The highest BCUT2D eigenvalue weighted by molar-refractivity contribution is 5.37. The van der Waals surface area contributed by atoms with Gasteiger partial charge in [0.15, 0.2) is 0 Å². The lowest BCUT2D eigenvalue weighted by Crippen LogP contribution is -2.34. The van der Waals surface area contributed by atoms with E-state index in [0.29, 0.717) is 12.0 Å². The van der Waals surface area contributed by atoms with Crippen LogP contribution in [0.5, 0.6) is 0 Å². The lowest BCUT2D eigenvalue weighted by Gasteiger charge is -2.32. The Morgan fingerprint density at radius 2 is 1.90 bits per heavy atom. The molecule has 2 aromatic rings. The van der Waals surface area contributed by atoms with Crippen LogP contribution >= 0.6 is 0 Å². The third-order valence-corrected chi connectivity index (χ3v) is 4.47. The summed E-state index contributed by atoms with van der Waals surface area (Å²) in [5.41, 5.74) is 0.975. The minimum atomic E-state index is 0.530. The quantitative estimate of drug-likeness (QED) is 0.863. The second-order valence-electron chi connectivity index (χ2n) is 6.11. The molecule has 6 nitrogen and oxygen atoms in total. The average molecular weight is 284 g/mol. The molecule has 0 unspecified atom stereocenters. The van der Waals surface area contributed by atoms with Crippen molar-refractivity contribution in [3.63, 3.8) is 0 Å². The summed E-state index contributed by atoms with van der Waals surface area (Å²) in [5.74, 6) is 2.71. The molecule has 21 heavy (non-hydrogen) atoms. The van der Waals surface area contributed by atoms with Crippen LogP contribution in [0.3, 0.4) is 0 Å². The first-order valence-electron chi connectivity index (χ1n) is 7.74. The van der Waals surface area contributed by atoms with Crippen molar-refractivity contribution in [3.8, 4) is 0 Å². The smallest absolute Gasteiger partial charge is 0.147 e. The summed E-state index contributed by atoms with van der Waals surface area (Å²) >= 11 is 0. The van der Waals surface area contributed by atoms with Gasteiger partial charge in [0.1, 0.15) is 18.0 Å². The van der Waals surface area contributed by atoms with E-state index in [1.54, 1.807) is 6.20 Å². The van der Waals surface area contributed by atoms with E-state index < -0.39 is 0 Å². The van der Waals surface area contributed by atoms with E-state index >= 15 is 0 Å². The van der Waals surface area contributed by atoms with Crippen LogP contribution in [-0.2, 0) is 0 Å². The molecule has 1 saturated carbocycles. The SMILES string of the molecule is Cc1cncc(N2CCC(c3nncn3C3CC3)CC2)n1. The molecule has 2 fully saturated rings. The highest BCUT2D eigenvalue weighted by Gasteiger charge is 2.31. The van der Waals surface area contributed by atoms with E-state index in [0.717, 1.165) is 37.4 Å². The molecule has 0 aromatic carbocycles. The van der Waals surface area contributed by atoms with Crippen LogP contribution < -0.4 is 4.90 Å². The minimum absolute atomic E-state index is 0.530. The molecule has 0 atom stereocenters. The van der Waals surface area contributed by atoms with E-state index in [4.69, 9.17) is 0 Å². The molecule has 3 heterocycles. The van der Waals surface area contributed by atoms with Gasteiger partial charge in [0, 0.05) is 31.2 Å². The number of rotatable bonds is 3. The lowest BCUT2D eigenvalue weighted by molar-refractivity contribution is 0.463. The van der Waals surface area contributed by atoms with Gasteiger partial charge in [-0.05, 0) is 32.6 Å². The summed E-state index contributed by atoms with van der Waals surface area (Å²) in [4.78, 5) is 11.1. The van der Waals surface area contributed by atoms with E-state index in [9.17, 15) is 0 Å². The number of hydrogen-bond donors (Lipinski definition) is 0. The molecule has 0 radical (unpaired) electrons. The molecule has 0 amide bonds. The van der Waals surface area contributed by atoms with Crippen LogP contribution in [-0.4, -0.2) is 37.8 Å². The molecule has 0 N–H and O–H groups in total. The largest absolute Gasteiger partial charge is 0.355 e. The van der Waals surface area contributed by atoms with Gasteiger partial charge in [-0.25, -0.2) is 4.98 Å². The molecular formula is C15H20N6. The van der Waals surface area contributed by atoms with E-state index in [1.807, 2.05) is 19.4 Å². The van der Waals surface area contributed by atoms with Crippen molar-refractivity contribution in [2.24, 2.45) is 0 Å². The van der Waals surface area contributed by atoms with Gasteiger partial charge in [-0.15, -0.1) is 10.2 Å². The summed E-state index contributed by atoms with van der Waals surface area (Å²) in [6.45, 7) is 4.02. The predicted octanol–water partition coefficient (Wildman–Crippen LogP) is 2.10. The fourth-order valence-electron chi connectivity index (χ4n) is 3.15. The minimum Gasteiger partial charge on any atom is -0.355 e. The van der Waals surface area contributed by atoms with E-state index in [1.165, 1.54) is 18.7 Å². The molecule has 0 bridgehead atoms. The Bertz CT molecular complexity index is 625. The average Bonchev–Trinajstić information content (AvgIpc) is 3.25. The Hall–Kier alpha value is -1.98. The third-order valence-electron chi connectivity index (χ3n) is 4.47. The second-order valence-corrected chi connectivity index (χ2v) is 6.11. The molecule has 2 aliphatic rings. The summed E-state index contributed by atoms with van der Waals surface area (Å²) in [5, 5.41) is 8.50. The van der Waals surface area contributed by atoms with Gasteiger partial charge in [0.2, 0.25) is 0 Å². The predicted molar refractivity (Wildman–Crippen MR) is 79.3 cm³/mol. The molecular weight excluding hydrogens is 264 g/mol. The number of hydrogen-bond acceptors (Lipinski definition) is 5. The summed E-state index contributed by atoms with van der Waals surface area (Å²) in [6.07, 6.45) is 10.4. The van der Waals surface area contributed by atoms with Crippen LogP contribution in [0, 0.1) is 6.92 Å². The first kappa shape index (κ1) is 12.7. The van der Waals surface area contributed by atoms with Crippen molar-refractivity contribution >= 4 is 5.82 Å². The Morgan fingerprint density at radius 3 is 2.62 bits per heavy atom.